The average molecular weight is 365 g/mol. The number of rotatable bonds is 5. The number of likely N-dealkylation sites (tertiary alicyclic amines) is 1. The quantitative estimate of drug-likeness (QED) is 0.721. The smallest absolute Gasteiger partial charge is 0.371 e. The summed E-state index contributed by atoms with van der Waals surface area (Å²) in [6, 6.07) is 17.8. The molecule has 0 radical (unpaired) electrons. The van der Waals surface area contributed by atoms with Gasteiger partial charge in [-0.15, -0.1) is 0 Å². The molecule has 0 saturated carbocycles. The molecule has 1 aromatic heterocycles. The highest BCUT2D eigenvalue weighted by Gasteiger charge is 2.29. The Morgan fingerprint density at radius 1 is 1.15 bits per heavy atom. The Bertz CT molecular complexity index is 934. The van der Waals surface area contributed by atoms with Gasteiger partial charge in [0, 0.05) is 31.0 Å². The second-order valence-electron chi connectivity index (χ2n) is 7.27. The molecule has 0 bridgehead atoms. The van der Waals surface area contributed by atoms with Crippen molar-refractivity contribution in [1.29, 1.82) is 0 Å². The number of piperidine rings is 1. The number of furan rings is 1. The van der Waals surface area contributed by atoms with Crippen LogP contribution in [0.25, 0.3) is 11.0 Å². The van der Waals surface area contributed by atoms with Crippen molar-refractivity contribution in [3.63, 3.8) is 0 Å². The van der Waals surface area contributed by atoms with Crippen molar-refractivity contribution in [2.24, 2.45) is 5.92 Å². The van der Waals surface area contributed by atoms with E-state index in [4.69, 9.17) is 9.52 Å². The molecule has 2 atom stereocenters. The molecule has 0 aliphatic carbocycles. The third-order valence-electron chi connectivity index (χ3n) is 5.48. The Kier molecular flexibility index (Phi) is 4.97. The molecular weight excluding hydrogens is 342 g/mol. The van der Waals surface area contributed by atoms with Gasteiger partial charge in [-0.1, -0.05) is 36.4 Å². The van der Waals surface area contributed by atoms with Crippen molar-refractivity contribution in [2.75, 3.05) is 19.7 Å². The van der Waals surface area contributed by atoms with Gasteiger partial charge >= 0.3 is 5.97 Å². The van der Waals surface area contributed by atoms with E-state index in [1.807, 2.05) is 24.3 Å². The van der Waals surface area contributed by atoms with Gasteiger partial charge in [0.25, 0.3) is 0 Å². The third kappa shape index (κ3) is 3.75. The molecule has 0 unspecified atom stereocenters. The molecule has 2 heterocycles. The number of aliphatic hydroxyl groups is 1. The molecule has 5 heteroatoms. The summed E-state index contributed by atoms with van der Waals surface area (Å²) >= 11 is 0. The second kappa shape index (κ2) is 7.55. The standard InChI is InChI=1S/C22H23NO4/c24-14-18-13-23(9-8-19(18)16-4-2-1-3-5-16)12-15-6-7-20-17(10-15)11-21(27-20)22(25)26/h1-7,10-11,18-19,24H,8-9,12-14H2,(H,25,26)/t18-,19+/m0/s1. The number of benzene rings is 2. The molecule has 1 fully saturated rings. The minimum Gasteiger partial charge on any atom is -0.475 e. The van der Waals surface area contributed by atoms with Gasteiger partial charge in [0.15, 0.2) is 0 Å². The molecule has 1 saturated heterocycles. The number of nitrogens with zero attached hydrogens (tertiary/aromatic N) is 1. The summed E-state index contributed by atoms with van der Waals surface area (Å²) in [4.78, 5) is 13.4. The first-order chi connectivity index (χ1) is 13.1. The monoisotopic (exact) mass is 365 g/mol. The Morgan fingerprint density at radius 2 is 1.96 bits per heavy atom. The lowest BCUT2D eigenvalue weighted by Gasteiger charge is -2.38. The zero-order chi connectivity index (χ0) is 18.8. The maximum absolute atomic E-state index is 11.1. The average Bonchev–Trinajstić information content (AvgIpc) is 3.12. The van der Waals surface area contributed by atoms with Crippen LogP contribution in [0.4, 0.5) is 0 Å². The van der Waals surface area contributed by atoms with Crippen LogP contribution in [0.2, 0.25) is 0 Å². The van der Waals surface area contributed by atoms with Crippen LogP contribution in [0.1, 0.15) is 34.0 Å². The lowest BCUT2D eigenvalue weighted by Crippen LogP contribution is -2.40. The van der Waals surface area contributed by atoms with E-state index in [0.29, 0.717) is 11.5 Å². The van der Waals surface area contributed by atoms with Crippen molar-refractivity contribution >= 4 is 16.9 Å². The van der Waals surface area contributed by atoms with Crippen LogP contribution < -0.4 is 0 Å². The van der Waals surface area contributed by atoms with Crippen molar-refractivity contribution < 1.29 is 19.4 Å². The molecule has 5 nitrogen and oxygen atoms in total. The van der Waals surface area contributed by atoms with Crippen LogP contribution in [-0.4, -0.2) is 40.8 Å². The zero-order valence-electron chi connectivity index (χ0n) is 15.0. The fraction of sp³-hybridized carbons (Fsp3) is 0.318. The van der Waals surface area contributed by atoms with E-state index >= 15 is 0 Å². The van der Waals surface area contributed by atoms with Crippen LogP contribution in [0.3, 0.4) is 0 Å². The third-order valence-corrected chi connectivity index (χ3v) is 5.48. The second-order valence-corrected chi connectivity index (χ2v) is 7.27. The minimum absolute atomic E-state index is 0.0360. The van der Waals surface area contributed by atoms with E-state index in [2.05, 4.69) is 29.2 Å². The predicted octanol–water partition coefficient (Wildman–Crippen LogP) is 3.73. The largest absolute Gasteiger partial charge is 0.475 e. The fourth-order valence-corrected chi connectivity index (χ4v) is 4.13. The number of carbonyl (C=O) groups is 1. The molecule has 0 spiro atoms. The molecule has 1 aliphatic rings. The highest BCUT2D eigenvalue weighted by Crippen LogP contribution is 2.33. The van der Waals surface area contributed by atoms with E-state index in [1.165, 1.54) is 5.56 Å². The van der Waals surface area contributed by atoms with E-state index in [1.54, 1.807) is 6.07 Å². The number of carboxylic acid groups (broad SMARTS) is 1. The van der Waals surface area contributed by atoms with Gasteiger partial charge in [0.05, 0.1) is 0 Å². The normalized spacial score (nSPS) is 20.8. The van der Waals surface area contributed by atoms with Gasteiger partial charge in [-0.25, -0.2) is 4.79 Å². The molecular formula is C22H23NO4. The molecule has 3 aromatic rings. The molecule has 140 valence electrons. The molecule has 4 rings (SSSR count). The van der Waals surface area contributed by atoms with Gasteiger partial charge in [-0.3, -0.25) is 4.90 Å². The minimum atomic E-state index is -1.05. The predicted molar refractivity (Wildman–Crippen MR) is 103 cm³/mol. The first kappa shape index (κ1) is 17.8. The Balaban J connectivity index is 1.47. The van der Waals surface area contributed by atoms with Gasteiger partial charge < -0.3 is 14.6 Å². The molecule has 27 heavy (non-hydrogen) atoms. The Morgan fingerprint density at radius 3 is 2.70 bits per heavy atom. The van der Waals surface area contributed by atoms with Crippen molar-refractivity contribution in [3.05, 3.63) is 71.5 Å². The lowest BCUT2D eigenvalue weighted by atomic mass is 9.81. The topological polar surface area (TPSA) is 73.9 Å². The SMILES string of the molecule is O=C(O)c1cc2cc(CN3CC[C@H](c4ccccc4)[C@H](CO)C3)ccc2o1. The van der Waals surface area contributed by atoms with Crippen molar-refractivity contribution in [1.82, 2.24) is 4.90 Å². The fourth-order valence-electron chi connectivity index (χ4n) is 4.13. The van der Waals surface area contributed by atoms with Gasteiger partial charge in [-0.2, -0.15) is 0 Å². The molecule has 2 N–H and O–H groups in total. The zero-order valence-corrected chi connectivity index (χ0v) is 15.0. The lowest BCUT2D eigenvalue weighted by molar-refractivity contribution is 0.0665. The van der Waals surface area contributed by atoms with Crippen LogP contribution in [-0.2, 0) is 6.54 Å². The highest BCUT2D eigenvalue weighted by atomic mass is 16.4. The molecule has 2 aromatic carbocycles. The van der Waals surface area contributed by atoms with E-state index in [0.717, 1.165) is 37.0 Å². The van der Waals surface area contributed by atoms with Crippen LogP contribution >= 0.6 is 0 Å². The van der Waals surface area contributed by atoms with E-state index in [9.17, 15) is 9.90 Å². The Labute approximate surface area is 157 Å². The van der Waals surface area contributed by atoms with Gasteiger partial charge in [-0.05, 0) is 48.2 Å². The van der Waals surface area contributed by atoms with Crippen LogP contribution in [0.5, 0.6) is 0 Å². The summed E-state index contributed by atoms with van der Waals surface area (Å²) in [5.41, 5.74) is 3.01. The molecule has 1 aliphatic heterocycles. The number of aromatic carboxylic acids is 1. The number of hydrogen-bond donors (Lipinski definition) is 2. The number of aliphatic hydroxyl groups excluding tert-OH is 1. The number of fused-ring (bicyclic) bond motifs is 1. The summed E-state index contributed by atoms with van der Waals surface area (Å²) in [5, 5.41) is 19.8. The summed E-state index contributed by atoms with van der Waals surface area (Å²) < 4.78 is 5.33. The van der Waals surface area contributed by atoms with Crippen molar-refractivity contribution in [3.8, 4) is 0 Å². The first-order valence-corrected chi connectivity index (χ1v) is 9.28. The summed E-state index contributed by atoms with van der Waals surface area (Å²) in [5.74, 6) is -0.480. The van der Waals surface area contributed by atoms with Crippen molar-refractivity contribution in [2.45, 2.75) is 18.9 Å². The maximum Gasteiger partial charge on any atom is 0.371 e. The maximum atomic E-state index is 11.1. The highest BCUT2D eigenvalue weighted by molar-refractivity contribution is 5.91. The first-order valence-electron chi connectivity index (χ1n) is 9.28. The number of carboxylic acids is 1. The molecule has 0 amide bonds. The van der Waals surface area contributed by atoms with E-state index in [-0.39, 0.29) is 18.3 Å². The van der Waals surface area contributed by atoms with Gasteiger partial charge in [0.2, 0.25) is 5.76 Å². The Hall–Kier alpha value is -2.63. The van der Waals surface area contributed by atoms with Crippen LogP contribution in [0, 0.1) is 5.92 Å². The number of hydrogen-bond acceptors (Lipinski definition) is 4. The summed E-state index contributed by atoms with van der Waals surface area (Å²) in [7, 11) is 0. The van der Waals surface area contributed by atoms with Crippen LogP contribution in [0.15, 0.2) is 59.0 Å². The summed E-state index contributed by atoms with van der Waals surface area (Å²) in [6.45, 7) is 2.78. The van der Waals surface area contributed by atoms with E-state index < -0.39 is 5.97 Å². The summed E-state index contributed by atoms with van der Waals surface area (Å²) in [6.07, 6.45) is 1.02. The van der Waals surface area contributed by atoms with Gasteiger partial charge in [0.1, 0.15) is 5.58 Å².